The van der Waals surface area contributed by atoms with Crippen molar-refractivity contribution in [1.29, 1.82) is 0 Å². The van der Waals surface area contributed by atoms with Gasteiger partial charge < -0.3 is 25.2 Å². The van der Waals surface area contributed by atoms with E-state index in [1.54, 1.807) is 0 Å². The Balaban J connectivity index is 1.84. The number of fused-ring (bicyclic) bond motifs is 1. The number of hydrogen-bond donors (Lipinski definition) is 4. The van der Waals surface area contributed by atoms with Gasteiger partial charge in [0.15, 0.2) is 6.23 Å². The monoisotopic (exact) mass is 316 g/mol. The molecule has 0 amide bonds. The summed E-state index contributed by atoms with van der Waals surface area (Å²) in [7, 11) is 0. The summed E-state index contributed by atoms with van der Waals surface area (Å²) in [6, 6.07) is -0.326. The van der Waals surface area contributed by atoms with Crippen LogP contribution >= 0.6 is 0 Å². The average Bonchev–Trinajstić information content (AvgIpc) is 2.94. The zero-order valence-electron chi connectivity index (χ0n) is 13.1. The molecule has 2 fully saturated rings. The van der Waals surface area contributed by atoms with Crippen LogP contribution in [0.5, 0.6) is 0 Å². The molecule has 5 atom stereocenters. The molecule has 2 saturated heterocycles. The maximum atomic E-state index is 10.1. The van der Waals surface area contributed by atoms with E-state index in [1.807, 2.05) is 0 Å². The average molecular weight is 316 g/mol. The number of rotatable bonds is 7. The van der Waals surface area contributed by atoms with E-state index in [0.717, 1.165) is 12.8 Å². The van der Waals surface area contributed by atoms with Crippen molar-refractivity contribution >= 4 is 6.02 Å². The molecule has 1 unspecified atom stereocenters. The highest BCUT2D eigenvalue weighted by Crippen LogP contribution is 2.28. The minimum Gasteiger partial charge on any atom is -0.463 e. The van der Waals surface area contributed by atoms with Gasteiger partial charge in [0.2, 0.25) is 0 Å². The van der Waals surface area contributed by atoms with Crippen molar-refractivity contribution in [3.05, 3.63) is 0 Å². The second kappa shape index (κ2) is 8.10. The molecule has 0 radical (unpaired) electrons. The van der Waals surface area contributed by atoms with Gasteiger partial charge in [-0.25, -0.2) is 4.99 Å². The number of unbranched alkanes of at least 4 members (excludes halogenated alkanes) is 5. The van der Waals surface area contributed by atoms with Crippen LogP contribution in [0.1, 0.15) is 45.4 Å². The summed E-state index contributed by atoms with van der Waals surface area (Å²) in [4.78, 5) is 5.70. The fourth-order valence-electron chi connectivity index (χ4n) is 2.99. The number of piperidine rings is 1. The number of hydrogen-bond acceptors (Lipinski definition) is 6. The summed E-state index contributed by atoms with van der Waals surface area (Å²) >= 11 is 0. The maximum absolute atomic E-state index is 10.1. The first-order chi connectivity index (χ1) is 10.6. The minimum absolute atomic E-state index is 0.150. The third kappa shape index (κ3) is 3.71. The molecule has 0 aromatic heterocycles. The zero-order chi connectivity index (χ0) is 16.1. The lowest BCUT2D eigenvalue weighted by atomic mass is 9.94. The fourth-order valence-corrected chi connectivity index (χ4v) is 2.99. The molecule has 4 N–H and O–H groups in total. The summed E-state index contributed by atoms with van der Waals surface area (Å²) < 4.78 is 5.42. The molecule has 0 aliphatic carbocycles. The Morgan fingerprint density at radius 1 is 1.00 bits per heavy atom. The lowest BCUT2D eigenvalue weighted by Crippen LogP contribution is -2.65. The molecule has 0 spiro atoms. The summed E-state index contributed by atoms with van der Waals surface area (Å²) in [6.45, 7) is 2.92. The van der Waals surface area contributed by atoms with Crippen molar-refractivity contribution in [2.45, 2.75) is 76.0 Å². The highest BCUT2D eigenvalue weighted by Gasteiger charge is 2.52. The number of aliphatic hydroxyl groups is 4. The minimum atomic E-state index is -1.44. The van der Waals surface area contributed by atoms with Crippen molar-refractivity contribution in [1.82, 2.24) is 4.90 Å². The van der Waals surface area contributed by atoms with E-state index >= 15 is 0 Å². The number of aliphatic hydroxyl groups excluding tert-OH is 4. The van der Waals surface area contributed by atoms with Crippen LogP contribution in [0.25, 0.3) is 0 Å². The quantitative estimate of drug-likeness (QED) is 0.486. The Kier molecular flexibility index (Phi) is 6.43. The molecule has 7 nitrogen and oxygen atoms in total. The Labute approximate surface area is 131 Å². The second-order valence-corrected chi connectivity index (χ2v) is 6.10. The van der Waals surface area contributed by atoms with Crippen LogP contribution in [0.4, 0.5) is 0 Å². The highest BCUT2D eigenvalue weighted by atomic mass is 16.5. The summed E-state index contributed by atoms with van der Waals surface area (Å²) in [6.07, 6.45) is 1.67. The highest BCUT2D eigenvalue weighted by molar-refractivity contribution is 5.76. The molecule has 0 aromatic carbocycles. The summed E-state index contributed by atoms with van der Waals surface area (Å²) in [5.41, 5.74) is 0. The lowest BCUT2D eigenvalue weighted by Gasteiger charge is -2.42. The Hall–Kier alpha value is -0.890. The molecule has 128 valence electrons. The standard InChI is InChI=1S/C15H28N2O5/c1-2-3-4-5-6-7-8-16-15-17-10(9-22-15)11(18)12(19)13(20)14(17)21/h10-14,18-21H,2-9H2,1H3/t10?,11-,12+,13-,14-/m1/s1. The van der Waals surface area contributed by atoms with Crippen LogP contribution in [0.15, 0.2) is 4.99 Å². The summed E-state index contributed by atoms with van der Waals surface area (Å²) in [5, 5.41) is 39.4. The van der Waals surface area contributed by atoms with Gasteiger partial charge >= 0.3 is 0 Å². The van der Waals surface area contributed by atoms with Crippen LogP contribution in [0, 0.1) is 0 Å². The first-order valence-electron chi connectivity index (χ1n) is 8.25. The Bertz CT molecular complexity index is 379. The Morgan fingerprint density at radius 2 is 1.68 bits per heavy atom. The molecule has 7 heteroatoms. The van der Waals surface area contributed by atoms with Crippen molar-refractivity contribution in [3.63, 3.8) is 0 Å². The molecule has 0 bridgehead atoms. The van der Waals surface area contributed by atoms with Crippen LogP contribution in [-0.2, 0) is 4.74 Å². The van der Waals surface area contributed by atoms with Gasteiger partial charge in [0.1, 0.15) is 24.9 Å². The van der Waals surface area contributed by atoms with Gasteiger partial charge in [-0.15, -0.1) is 0 Å². The van der Waals surface area contributed by atoms with E-state index in [2.05, 4.69) is 11.9 Å². The van der Waals surface area contributed by atoms with E-state index in [9.17, 15) is 20.4 Å². The molecule has 2 rings (SSSR count). The first kappa shape index (κ1) is 17.5. The van der Waals surface area contributed by atoms with Gasteiger partial charge in [0.05, 0.1) is 6.04 Å². The summed E-state index contributed by atoms with van der Waals surface area (Å²) in [5.74, 6) is 0. The van der Waals surface area contributed by atoms with Gasteiger partial charge in [0.25, 0.3) is 6.02 Å². The third-order valence-electron chi connectivity index (χ3n) is 4.40. The molecule has 2 heterocycles. The predicted octanol–water partition coefficient (Wildman–Crippen LogP) is -0.182. The van der Waals surface area contributed by atoms with Crippen LogP contribution in [-0.4, -0.2) is 75.1 Å². The lowest BCUT2D eigenvalue weighted by molar-refractivity contribution is -0.190. The fraction of sp³-hybridized carbons (Fsp3) is 0.933. The van der Waals surface area contributed by atoms with Crippen molar-refractivity contribution in [3.8, 4) is 0 Å². The molecule has 2 aliphatic heterocycles. The number of ether oxygens (including phenoxy) is 1. The predicted molar refractivity (Wildman–Crippen MR) is 81.3 cm³/mol. The van der Waals surface area contributed by atoms with E-state index < -0.39 is 30.6 Å². The van der Waals surface area contributed by atoms with Crippen molar-refractivity contribution in [2.24, 2.45) is 4.99 Å². The van der Waals surface area contributed by atoms with Gasteiger partial charge in [-0.2, -0.15) is 0 Å². The van der Waals surface area contributed by atoms with Gasteiger partial charge in [-0.1, -0.05) is 39.0 Å². The van der Waals surface area contributed by atoms with E-state index in [1.165, 1.54) is 30.6 Å². The molecule has 22 heavy (non-hydrogen) atoms. The molecular formula is C15H28N2O5. The molecule has 0 saturated carbocycles. The number of aliphatic imine (C=N–C) groups is 1. The number of amidine groups is 1. The van der Waals surface area contributed by atoms with E-state index in [0.29, 0.717) is 6.54 Å². The molecule has 2 aliphatic rings. The van der Waals surface area contributed by atoms with Gasteiger partial charge in [-0.05, 0) is 6.42 Å². The SMILES string of the molecule is CCCCCCCCN=C1OCC2[C@@H](O)[C@H](O)[C@@H](O)[C@@H](O)N12. The normalized spacial score (nSPS) is 36.5. The van der Waals surface area contributed by atoms with Crippen LogP contribution in [0.2, 0.25) is 0 Å². The number of nitrogens with zero attached hydrogens (tertiary/aromatic N) is 2. The largest absolute Gasteiger partial charge is 0.463 e. The second-order valence-electron chi connectivity index (χ2n) is 6.10. The maximum Gasteiger partial charge on any atom is 0.290 e. The van der Waals surface area contributed by atoms with Crippen molar-refractivity contribution in [2.75, 3.05) is 13.2 Å². The third-order valence-corrected chi connectivity index (χ3v) is 4.40. The van der Waals surface area contributed by atoms with Crippen molar-refractivity contribution < 1.29 is 25.2 Å². The van der Waals surface area contributed by atoms with Gasteiger partial charge in [-0.3, -0.25) is 4.90 Å². The van der Waals surface area contributed by atoms with E-state index in [4.69, 9.17) is 4.74 Å². The molecule has 0 aromatic rings. The zero-order valence-corrected chi connectivity index (χ0v) is 13.1. The smallest absolute Gasteiger partial charge is 0.290 e. The van der Waals surface area contributed by atoms with Crippen LogP contribution < -0.4 is 0 Å². The van der Waals surface area contributed by atoms with Gasteiger partial charge in [0, 0.05) is 6.54 Å². The molecular weight excluding hydrogens is 288 g/mol. The Morgan fingerprint density at radius 3 is 2.41 bits per heavy atom. The van der Waals surface area contributed by atoms with E-state index in [-0.39, 0.29) is 12.6 Å². The first-order valence-corrected chi connectivity index (χ1v) is 8.25. The topological polar surface area (TPSA) is 106 Å². The van der Waals surface area contributed by atoms with Crippen LogP contribution in [0.3, 0.4) is 0 Å².